The van der Waals surface area contributed by atoms with Crippen LogP contribution in [0.2, 0.25) is 0 Å². The van der Waals surface area contributed by atoms with E-state index in [9.17, 15) is 14.4 Å². The maximum Gasteiger partial charge on any atom is 0.325 e. The van der Waals surface area contributed by atoms with Gasteiger partial charge < -0.3 is 19.7 Å². The average molecular weight is 437 g/mol. The van der Waals surface area contributed by atoms with Crippen LogP contribution < -0.4 is 14.8 Å². The second-order valence-electron chi connectivity index (χ2n) is 7.99. The molecule has 0 aliphatic carbocycles. The van der Waals surface area contributed by atoms with E-state index in [1.165, 1.54) is 4.90 Å². The Morgan fingerprint density at radius 1 is 1.06 bits per heavy atom. The molecular formula is C24H27N3O5. The van der Waals surface area contributed by atoms with Crippen LogP contribution in [-0.2, 0) is 29.1 Å². The van der Waals surface area contributed by atoms with Crippen LogP contribution in [0.4, 0.5) is 4.79 Å². The number of imide groups is 1. The summed E-state index contributed by atoms with van der Waals surface area (Å²) in [6.07, 6.45) is 1.20. The van der Waals surface area contributed by atoms with Crippen molar-refractivity contribution in [2.24, 2.45) is 0 Å². The van der Waals surface area contributed by atoms with Gasteiger partial charge in [0.1, 0.15) is 6.04 Å². The molecule has 8 nitrogen and oxygen atoms in total. The zero-order valence-electron chi connectivity index (χ0n) is 18.3. The van der Waals surface area contributed by atoms with Crippen molar-refractivity contribution in [2.45, 2.75) is 38.4 Å². The number of rotatable bonds is 7. The average Bonchev–Trinajstić information content (AvgIpc) is 3.09. The van der Waals surface area contributed by atoms with Crippen molar-refractivity contribution in [3.63, 3.8) is 0 Å². The van der Waals surface area contributed by atoms with Crippen molar-refractivity contribution in [1.82, 2.24) is 15.1 Å². The van der Waals surface area contributed by atoms with Gasteiger partial charge in [-0.3, -0.25) is 14.5 Å². The van der Waals surface area contributed by atoms with E-state index in [1.807, 2.05) is 42.5 Å². The number of amides is 4. The number of carbonyl (C=O) groups excluding carboxylic acids is 3. The Morgan fingerprint density at radius 2 is 1.75 bits per heavy atom. The molecule has 168 valence electrons. The van der Waals surface area contributed by atoms with Crippen molar-refractivity contribution in [3.8, 4) is 11.5 Å². The molecule has 1 N–H and O–H groups in total. The minimum Gasteiger partial charge on any atom is -0.493 e. The monoisotopic (exact) mass is 437 g/mol. The van der Waals surface area contributed by atoms with E-state index in [0.717, 1.165) is 23.1 Å². The lowest BCUT2D eigenvalue weighted by Crippen LogP contribution is -2.37. The number of urea groups is 1. The second-order valence-corrected chi connectivity index (χ2v) is 7.99. The fraction of sp³-hybridized carbons (Fsp3) is 0.375. The Hall–Kier alpha value is -3.55. The number of methoxy groups -OCH3 is 2. The van der Waals surface area contributed by atoms with Crippen LogP contribution in [0, 0.1) is 0 Å². The quantitative estimate of drug-likeness (QED) is 0.673. The number of benzene rings is 2. The summed E-state index contributed by atoms with van der Waals surface area (Å²) in [4.78, 5) is 40.8. The van der Waals surface area contributed by atoms with Crippen LogP contribution in [0.3, 0.4) is 0 Å². The number of hydrogen-bond donors (Lipinski definition) is 1. The summed E-state index contributed by atoms with van der Waals surface area (Å²) in [6, 6.07) is 12.2. The number of hydrogen-bond acceptors (Lipinski definition) is 5. The molecule has 1 atom stereocenters. The van der Waals surface area contributed by atoms with Crippen LogP contribution in [0.15, 0.2) is 42.5 Å². The number of carbonyl (C=O) groups is 3. The molecule has 0 radical (unpaired) electrons. The standard InChI is InChI=1S/C24H27N3O5/c1-31-20-12-17-10-11-26(15-18(17)13-21(20)32-2)22(28)9-8-19-23(29)27(24(30)25-19)14-16-6-4-3-5-7-16/h3-7,12-13,19H,8-11,14-15H2,1-2H3,(H,25,30)/t19-/m0/s1. The molecule has 2 aromatic rings. The predicted molar refractivity (Wildman–Crippen MR) is 117 cm³/mol. The Morgan fingerprint density at radius 3 is 2.44 bits per heavy atom. The van der Waals surface area contributed by atoms with Gasteiger partial charge in [0.25, 0.3) is 5.91 Å². The van der Waals surface area contributed by atoms with Crippen LogP contribution in [-0.4, -0.2) is 54.5 Å². The van der Waals surface area contributed by atoms with Gasteiger partial charge in [-0.25, -0.2) is 4.79 Å². The molecule has 4 amide bonds. The topological polar surface area (TPSA) is 88.2 Å². The third-order valence-electron chi connectivity index (χ3n) is 6.01. The smallest absolute Gasteiger partial charge is 0.325 e. The molecule has 32 heavy (non-hydrogen) atoms. The van der Waals surface area contributed by atoms with Crippen molar-refractivity contribution in [1.29, 1.82) is 0 Å². The third kappa shape index (κ3) is 4.39. The minimum absolute atomic E-state index is 0.0333. The fourth-order valence-corrected chi connectivity index (χ4v) is 4.21. The van der Waals surface area contributed by atoms with E-state index in [4.69, 9.17) is 9.47 Å². The maximum absolute atomic E-state index is 12.8. The predicted octanol–water partition coefficient (Wildman–Crippen LogP) is 2.49. The number of ether oxygens (including phenoxy) is 2. The summed E-state index contributed by atoms with van der Waals surface area (Å²) in [5, 5.41) is 2.71. The molecule has 1 saturated heterocycles. The van der Waals surface area contributed by atoms with Crippen LogP contribution in [0.25, 0.3) is 0 Å². The molecule has 0 unspecified atom stereocenters. The molecule has 0 bridgehead atoms. The summed E-state index contributed by atoms with van der Waals surface area (Å²) < 4.78 is 10.7. The first kappa shape index (κ1) is 21.7. The Labute approximate surface area is 187 Å². The lowest BCUT2D eigenvalue weighted by molar-refractivity contribution is -0.132. The van der Waals surface area contributed by atoms with E-state index in [0.29, 0.717) is 24.6 Å². The molecular weight excluding hydrogens is 410 g/mol. The summed E-state index contributed by atoms with van der Waals surface area (Å²) in [5.74, 6) is 1.00. The molecule has 0 saturated carbocycles. The van der Waals surface area contributed by atoms with Gasteiger partial charge in [0, 0.05) is 19.5 Å². The van der Waals surface area contributed by atoms with Crippen LogP contribution >= 0.6 is 0 Å². The summed E-state index contributed by atoms with van der Waals surface area (Å²) >= 11 is 0. The van der Waals surface area contributed by atoms with Crippen LogP contribution in [0.1, 0.15) is 29.5 Å². The van der Waals surface area contributed by atoms with Gasteiger partial charge in [-0.1, -0.05) is 30.3 Å². The van der Waals surface area contributed by atoms with E-state index >= 15 is 0 Å². The summed E-state index contributed by atoms with van der Waals surface area (Å²) in [6.45, 7) is 1.32. The second kappa shape index (κ2) is 9.30. The first-order chi connectivity index (χ1) is 15.5. The normalized spacial score (nSPS) is 17.8. The fourth-order valence-electron chi connectivity index (χ4n) is 4.21. The molecule has 2 aliphatic heterocycles. The van der Waals surface area contributed by atoms with Gasteiger partial charge in [-0.2, -0.15) is 0 Å². The third-order valence-corrected chi connectivity index (χ3v) is 6.01. The molecule has 0 spiro atoms. The molecule has 0 aromatic heterocycles. The number of nitrogens with zero attached hydrogens (tertiary/aromatic N) is 2. The van der Waals surface area contributed by atoms with Crippen LogP contribution in [0.5, 0.6) is 11.5 Å². The molecule has 2 aromatic carbocycles. The van der Waals surface area contributed by atoms with Crippen molar-refractivity contribution < 1.29 is 23.9 Å². The van der Waals surface area contributed by atoms with Gasteiger partial charge in [0.2, 0.25) is 5.91 Å². The van der Waals surface area contributed by atoms with E-state index in [1.54, 1.807) is 19.1 Å². The minimum atomic E-state index is -0.670. The van der Waals surface area contributed by atoms with Gasteiger partial charge >= 0.3 is 6.03 Å². The zero-order chi connectivity index (χ0) is 22.7. The Balaban J connectivity index is 1.34. The highest BCUT2D eigenvalue weighted by molar-refractivity contribution is 6.04. The first-order valence-electron chi connectivity index (χ1n) is 10.7. The Bertz CT molecular complexity index is 1020. The lowest BCUT2D eigenvalue weighted by atomic mass is 9.98. The lowest BCUT2D eigenvalue weighted by Gasteiger charge is -2.30. The molecule has 4 rings (SSSR count). The van der Waals surface area contributed by atoms with Gasteiger partial charge in [-0.15, -0.1) is 0 Å². The van der Waals surface area contributed by atoms with Crippen molar-refractivity contribution >= 4 is 17.8 Å². The first-order valence-corrected chi connectivity index (χ1v) is 10.7. The number of nitrogens with one attached hydrogen (secondary N) is 1. The van der Waals surface area contributed by atoms with Gasteiger partial charge in [-0.05, 0) is 41.7 Å². The van der Waals surface area contributed by atoms with Gasteiger partial charge in [0.15, 0.2) is 11.5 Å². The van der Waals surface area contributed by atoms with Gasteiger partial charge in [0.05, 0.1) is 20.8 Å². The molecule has 1 fully saturated rings. The van der Waals surface area contributed by atoms with E-state index in [-0.39, 0.29) is 31.2 Å². The highest BCUT2D eigenvalue weighted by atomic mass is 16.5. The highest BCUT2D eigenvalue weighted by Crippen LogP contribution is 2.33. The molecule has 2 aliphatic rings. The molecule has 8 heteroatoms. The summed E-state index contributed by atoms with van der Waals surface area (Å²) in [7, 11) is 3.19. The van der Waals surface area contributed by atoms with E-state index < -0.39 is 12.1 Å². The van der Waals surface area contributed by atoms with E-state index in [2.05, 4.69) is 5.32 Å². The van der Waals surface area contributed by atoms with Crippen molar-refractivity contribution in [2.75, 3.05) is 20.8 Å². The maximum atomic E-state index is 12.8. The SMILES string of the molecule is COc1cc2c(cc1OC)CN(C(=O)CC[C@@H]1NC(=O)N(Cc3ccccc3)C1=O)CC2. The number of fused-ring (bicyclic) bond motifs is 1. The van der Waals surface area contributed by atoms with Crippen molar-refractivity contribution in [3.05, 3.63) is 59.2 Å². The Kier molecular flexibility index (Phi) is 6.30. The zero-order valence-corrected chi connectivity index (χ0v) is 18.3. The summed E-state index contributed by atoms with van der Waals surface area (Å²) in [5.41, 5.74) is 3.05. The highest BCUT2D eigenvalue weighted by Gasteiger charge is 2.38. The molecule has 2 heterocycles. The largest absolute Gasteiger partial charge is 0.493 e.